The van der Waals surface area contributed by atoms with Crippen molar-refractivity contribution in [3.63, 3.8) is 0 Å². The van der Waals surface area contributed by atoms with Crippen molar-refractivity contribution in [1.29, 1.82) is 0 Å². The number of amides is 1. The number of benzene rings is 1. The highest BCUT2D eigenvalue weighted by molar-refractivity contribution is 7.09. The Bertz CT molecular complexity index is 685. The molecule has 25 heavy (non-hydrogen) atoms. The number of hydrogen-bond acceptors (Lipinski definition) is 5. The summed E-state index contributed by atoms with van der Waals surface area (Å²) in [6, 6.07) is 6.73. The van der Waals surface area contributed by atoms with E-state index in [1.807, 2.05) is 13.8 Å². The van der Waals surface area contributed by atoms with Gasteiger partial charge in [-0.3, -0.25) is 4.79 Å². The summed E-state index contributed by atoms with van der Waals surface area (Å²) in [7, 11) is 0. The van der Waals surface area contributed by atoms with Crippen molar-refractivity contribution in [3.05, 3.63) is 41.5 Å². The van der Waals surface area contributed by atoms with Gasteiger partial charge in [0.15, 0.2) is 0 Å². The molecular formula is C18H25FN4OS. The first-order chi connectivity index (χ1) is 11.8. The van der Waals surface area contributed by atoms with Gasteiger partial charge < -0.3 is 10.2 Å². The van der Waals surface area contributed by atoms with Crippen molar-refractivity contribution >= 4 is 22.6 Å². The van der Waals surface area contributed by atoms with Crippen LogP contribution >= 0.6 is 11.5 Å². The quantitative estimate of drug-likeness (QED) is 0.780. The summed E-state index contributed by atoms with van der Waals surface area (Å²) < 4.78 is 17.4. The van der Waals surface area contributed by atoms with E-state index in [1.165, 1.54) is 23.7 Å². The lowest BCUT2D eigenvalue weighted by atomic mass is 10.1. The molecule has 0 aliphatic carbocycles. The lowest BCUT2D eigenvalue weighted by molar-refractivity contribution is -0.121. The van der Waals surface area contributed by atoms with Gasteiger partial charge in [0.25, 0.3) is 0 Å². The van der Waals surface area contributed by atoms with Crippen molar-refractivity contribution in [1.82, 2.24) is 14.7 Å². The maximum Gasteiger partial charge on any atom is 0.221 e. The molecule has 0 bridgehead atoms. The normalized spacial score (nSPS) is 11.2. The number of carbonyl (C=O) groups is 1. The highest BCUT2D eigenvalue weighted by Gasteiger charge is 2.17. The van der Waals surface area contributed by atoms with E-state index >= 15 is 0 Å². The minimum absolute atomic E-state index is 0.0386. The molecular weight excluding hydrogens is 339 g/mol. The van der Waals surface area contributed by atoms with E-state index < -0.39 is 0 Å². The lowest BCUT2D eigenvalue weighted by Crippen LogP contribution is -2.37. The number of nitrogens with zero attached hydrogens (tertiary/aromatic N) is 3. The van der Waals surface area contributed by atoms with Crippen molar-refractivity contribution < 1.29 is 9.18 Å². The van der Waals surface area contributed by atoms with Crippen LogP contribution < -0.4 is 10.2 Å². The molecule has 0 fully saturated rings. The van der Waals surface area contributed by atoms with Crippen LogP contribution in [0.1, 0.15) is 45.5 Å². The van der Waals surface area contributed by atoms with Gasteiger partial charge >= 0.3 is 0 Å². The first-order valence-electron chi connectivity index (χ1n) is 8.48. The van der Waals surface area contributed by atoms with E-state index in [-0.39, 0.29) is 23.8 Å². The average molecular weight is 364 g/mol. The van der Waals surface area contributed by atoms with E-state index in [9.17, 15) is 9.18 Å². The molecule has 0 saturated carbocycles. The van der Waals surface area contributed by atoms with Crippen LogP contribution in [0, 0.1) is 5.82 Å². The fourth-order valence-corrected chi connectivity index (χ4v) is 3.25. The molecule has 1 aromatic heterocycles. The van der Waals surface area contributed by atoms with Crippen LogP contribution in [0.3, 0.4) is 0 Å². The topological polar surface area (TPSA) is 58.1 Å². The summed E-state index contributed by atoms with van der Waals surface area (Å²) >= 11 is 1.33. The number of aromatic nitrogens is 2. The predicted molar refractivity (Wildman–Crippen MR) is 99.5 cm³/mol. The summed E-state index contributed by atoms with van der Waals surface area (Å²) in [5, 5.41) is 3.71. The third-order valence-corrected chi connectivity index (χ3v) is 4.42. The molecule has 1 N–H and O–H groups in total. The SMILES string of the molecule is CC(C)NC(=O)CCN(c1nc(Cc2ccc(F)cc2)ns1)C(C)C. The molecule has 7 heteroatoms. The van der Waals surface area contributed by atoms with Crippen LogP contribution in [0.4, 0.5) is 9.52 Å². The molecule has 1 heterocycles. The number of hydrogen-bond donors (Lipinski definition) is 1. The zero-order valence-electron chi connectivity index (χ0n) is 15.1. The lowest BCUT2D eigenvalue weighted by Gasteiger charge is -2.25. The second-order valence-electron chi connectivity index (χ2n) is 6.56. The van der Waals surface area contributed by atoms with Crippen molar-refractivity contribution in [2.45, 2.75) is 52.6 Å². The monoisotopic (exact) mass is 364 g/mol. The van der Waals surface area contributed by atoms with Crippen LogP contribution in [0.25, 0.3) is 0 Å². The Kier molecular flexibility index (Phi) is 6.87. The number of carbonyl (C=O) groups excluding carboxylic acids is 1. The highest BCUT2D eigenvalue weighted by Crippen LogP contribution is 2.21. The number of anilines is 1. The zero-order chi connectivity index (χ0) is 18.4. The first kappa shape index (κ1) is 19.3. The maximum atomic E-state index is 13.0. The maximum absolute atomic E-state index is 13.0. The van der Waals surface area contributed by atoms with E-state index in [0.717, 1.165) is 10.7 Å². The van der Waals surface area contributed by atoms with Gasteiger partial charge in [-0.2, -0.15) is 4.37 Å². The predicted octanol–water partition coefficient (Wildman–Crippen LogP) is 3.40. The van der Waals surface area contributed by atoms with Crippen LogP contribution in [0.2, 0.25) is 0 Å². The van der Waals surface area contributed by atoms with Gasteiger partial charge in [-0.05, 0) is 45.4 Å². The Balaban J connectivity index is 2.00. The summed E-state index contributed by atoms with van der Waals surface area (Å²) in [5.41, 5.74) is 0.971. The van der Waals surface area contributed by atoms with Gasteiger partial charge in [0.2, 0.25) is 11.0 Å². The molecule has 0 radical (unpaired) electrons. The minimum atomic E-state index is -0.249. The number of rotatable bonds is 8. The molecule has 1 aromatic carbocycles. The van der Waals surface area contributed by atoms with Gasteiger partial charge in [0.1, 0.15) is 11.6 Å². The van der Waals surface area contributed by atoms with Gasteiger partial charge in [0, 0.05) is 43.0 Å². The molecule has 0 atom stereocenters. The minimum Gasteiger partial charge on any atom is -0.354 e. The summed E-state index contributed by atoms with van der Waals surface area (Å²) in [6.07, 6.45) is 0.986. The third kappa shape index (κ3) is 6.08. The number of nitrogens with one attached hydrogen (secondary N) is 1. The highest BCUT2D eigenvalue weighted by atomic mass is 32.1. The molecule has 1 amide bonds. The van der Waals surface area contributed by atoms with Gasteiger partial charge in [0.05, 0.1) is 0 Å². The van der Waals surface area contributed by atoms with Gasteiger partial charge in [-0.25, -0.2) is 9.37 Å². The smallest absolute Gasteiger partial charge is 0.221 e. The fourth-order valence-electron chi connectivity index (χ4n) is 2.41. The van der Waals surface area contributed by atoms with E-state index in [0.29, 0.717) is 25.2 Å². The van der Waals surface area contributed by atoms with E-state index in [4.69, 9.17) is 0 Å². The van der Waals surface area contributed by atoms with Crippen LogP contribution in [0.15, 0.2) is 24.3 Å². The fraction of sp³-hybridized carbons (Fsp3) is 0.500. The van der Waals surface area contributed by atoms with Crippen molar-refractivity contribution in [3.8, 4) is 0 Å². The van der Waals surface area contributed by atoms with Gasteiger partial charge in [-0.1, -0.05) is 12.1 Å². The summed E-state index contributed by atoms with van der Waals surface area (Å²) in [6.45, 7) is 8.64. The second-order valence-corrected chi connectivity index (χ2v) is 7.29. The summed E-state index contributed by atoms with van der Waals surface area (Å²) in [4.78, 5) is 18.6. The molecule has 136 valence electrons. The standard InChI is InChI=1S/C18H25FN4OS/c1-12(2)20-17(24)9-10-23(13(3)4)18-21-16(22-25-18)11-14-5-7-15(19)8-6-14/h5-8,12-13H,9-11H2,1-4H3,(H,20,24). The number of halogens is 1. The molecule has 0 unspecified atom stereocenters. The molecule has 0 aliphatic heterocycles. The van der Waals surface area contributed by atoms with Crippen LogP contribution in [0.5, 0.6) is 0 Å². The molecule has 2 aromatic rings. The Morgan fingerprint density at radius 1 is 1.24 bits per heavy atom. The van der Waals surface area contributed by atoms with Crippen molar-refractivity contribution in [2.75, 3.05) is 11.4 Å². The van der Waals surface area contributed by atoms with Gasteiger partial charge in [-0.15, -0.1) is 0 Å². The molecule has 5 nitrogen and oxygen atoms in total. The third-order valence-electron chi connectivity index (χ3n) is 3.63. The summed E-state index contributed by atoms with van der Waals surface area (Å²) in [5.74, 6) is 0.502. The Hall–Kier alpha value is -2.02. The average Bonchev–Trinajstić information content (AvgIpc) is 2.97. The molecule has 0 spiro atoms. The van der Waals surface area contributed by atoms with E-state index in [2.05, 4.69) is 33.4 Å². The molecule has 2 rings (SSSR count). The second kappa shape index (κ2) is 8.89. The van der Waals surface area contributed by atoms with Crippen LogP contribution in [-0.2, 0) is 11.2 Å². The van der Waals surface area contributed by atoms with Crippen LogP contribution in [-0.4, -0.2) is 33.9 Å². The van der Waals surface area contributed by atoms with Crippen molar-refractivity contribution in [2.24, 2.45) is 0 Å². The Morgan fingerprint density at radius 3 is 2.52 bits per heavy atom. The molecule has 0 aliphatic rings. The first-order valence-corrected chi connectivity index (χ1v) is 9.25. The molecule has 0 saturated heterocycles. The Morgan fingerprint density at radius 2 is 1.92 bits per heavy atom. The van der Waals surface area contributed by atoms with E-state index in [1.54, 1.807) is 12.1 Å². The Labute approximate surface area is 152 Å². The largest absolute Gasteiger partial charge is 0.354 e. The zero-order valence-corrected chi connectivity index (χ0v) is 15.9.